The topological polar surface area (TPSA) is 78.5 Å². The van der Waals surface area contributed by atoms with Gasteiger partial charge in [0.2, 0.25) is 11.8 Å². The predicted molar refractivity (Wildman–Crippen MR) is 105 cm³/mol. The summed E-state index contributed by atoms with van der Waals surface area (Å²) in [7, 11) is 0. The van der Waals surface area contributed by atoms with Crippen LogP contribution in [-0.2, 0) is 9.59 Å². The van der Waals surface area contributed by atoms with Crippen molar-refractivity contribution in [3.8, 4) is 0 Å². The van der Waals surface area contributed by atoms with Gasteiger partial charge in [-0.1, -0.05) is 30.3 Å². The lowest BCUT2D eigenvalue weighted by atomic mass is 10.1. The van der Waals surface area contributed by atoms with E-state index in [1.165, 1.54) is 0 Å². The maximum absolute atomic E-state index is 12.7. The minimum Gasteiger partial charge on any atom is -0.350 e. The summed E-state index contributed by atoms with van der Waals surface area (Å²) in [6, 6.07) is 16.2. The van der Waals surface area contributed by atoms with Crippen molar-refractivity contribution >= 4 is 29.1 Å². The average molecular weight is 365 g/mol. The zero-order valence-electron chi connectivity index (χ0n) is 15.4. The fraction of sp³-hybridized carbons (Fsp3) is 0.286. The van der Waals surface area contributed by atoms with Crippen molar-refractivity contribution in [2.45, 2.75) is 26.3 Å². The maximum atomic E-state index is 12.7. The summed E-state index contributed by atoms with van der Waals surface area (Å²) in [6.45, 7) is 4.08. The molecule has 2 aromatic rings. The number of carbonyl (C=O) groups excluding carboxylic acids is 3. The van der Waals surface area contributed by atoms with Crippen molar-refractivity contribution in [1.82, 2.24) is 5.32 Å². The first-order valence-electron chi connectivity index (χ1n) is 9.02. The van der Waals surface area contributed by atoms with E-state index < -0.39 is 5.92 Å². The third-order valence-corrected chi connectivity index (χ3v) is 4.41. The smallest absolute Gasteiger partial charge is 0.253 e. The zero-order chi connectivity index (χ0) is 19.4. The molecule has 1 atom stereocenters. The Morgan fingerprint density at radius 3 is 2.41 bits per heavy atom. The Kier molecular flexibility index (Phi) is 5.54. The van der Waals surface area contributed by atoms with Gasteiger partial charge in [0.15, 0.2) is 0 Å². The highest BCUT2D eigenvalue weighted by atomic mass is 16.2. The molecule has 1 saturated heterocycles. The van der Waals surface area contributed by atoms with E-state index in [9.17, 15) is 14.4 Å². The van der Waals surface area contributed by atoms with Crippen LogP contribution in [0.15, 0.2) is 54.6 Å². The van der Waals surface area contributed by atoms with Gasteiger partial charge >= 0.3 is 0 Å². The van der Waals surface area contributed by atoms with Gasteiger partial charge in [-0.25, -0.2) is 0 Å². The molecule has 6 nitrogen and oxygen atoms in total. The number of benzene rings is 2. The molecule has 1 aliphatic rings. The van der Waals surface area contributed by atoms with Crippen molar-refractivity contribution in [1.29, 1.82) is 0 Å². The molecule has 1 aliphatic heterocycles. The van der Waals surface area contributed by atoms with Crippen LogP contribution in [0.3, 0.4) is 0 Å². The van der Waals surface area contributed by atoms with Crippen molar-refractivity contribution in [2.24, 2.45) is 5.92 Å². The summed E-state index contributed by atoms with van der Waals surface area (Å²) in [4.78, 5) is 39.0. The molecule has 0 aromatic heterocycles. The molecule has 3 amide bonds. The van der Waals surface area contributed by atoms with Crippen LogP contribution in [0.25, 0.3) is 0 Å². The van der Waals surface area contributed by atoms with E-state index in [2.05, 4.69) is 10.6 Å². The molecule has 0 spiro atoms. The molecule has 1 heterocycles. The second kappa shape index (κ2) is 8.03. The molecule has 0 radical (unpaired) electrons. The summed E-state index contributed by atoms with van der Waals surface area (Å²) in [5.74, 6) is -1.04. The van der Waals surface area contributed by atoms with Crippen LogP contribution in [0.1, 0.15) is 30.6 Å². The van der Waals surface area contributed by atoms with Gasteiger partial charge in [0.05, 0.1) is 17.2 Å². The molecule has 27 heavy (non-hydrogen) atoms. The SMILES string of the molecule is CC(C)NC(=O)c1ccccc1NC(=O)[C@H]1CC(=O)N(c2ccccc2)C1. The number of carbonyl (C=O) groups is 3. The van der Waals surface area contributed by atoms with Crippen LogP contribution in [0.2, 0.25) is 0 Å². The largest absolute Gasteiger partial charge is 0.350 e. The van der Waals surface area contributed by atoms with Crippen LogP contribution in [0, 0.1) is 5.92 Å². The highest BCUT2D eigenvalue weighted by Gasteiger charge is 2.35. The Labute approximate surface area is 158 Å². The van der Waals surface area contributed by atoms with E-state index in [0.29, 0.717) is 17.8 Å². The normalized spacial score (nSPS) is 16.5. The van der Waals surface area contributed by atoms with E-state index in [4.69, 9.17) is 0 Å². The molecule has 0 aliphatic carbocycles. The highest BCUT2D eigenvalue weighted by molar-refractivity contribution is 6.07. The second-order valence-electron chi connectivity index (χ2n) is 6.90. The molecule has 1 fully saturated rings. The van der Waals surface area contributed by atoms with Crippen molar-refractivity contribution in [3.63, 3.8) is 0 Å². The average Bonchev–Trinajstić information content (AvgIpc) is 3.04. The van der Waals surface area contributed by atoms with Gasteiger partial charge in [0.1, 0.15) is 0 Å². The Morgan fingerprint density at radius 1 is 1.04 bits per heavy atom. The molecule has 3 rings (SSSR count). The Morgan fingerprint density at radius 2 is 1.70 bits per heavy atom. The quantitative estimate of drug-likeness (QED) is 0.855. The van der Waals surface area contributed by atoms with E-state index >= 15 is 0 Å². The monoisotopic (exact) mass is 365 g/mol. The summed E-state index contributed by atoms with van der Waals surface area (Å²) >= 11 is 0. The van der Waals surface area contributed by atoms with Gasteiger partial charge in [0.25, 0.3) is 5.91 Å². The fourth-order valence-electron chi connectivity index (χ4n) is 3.11. The van der Waals surface area contributed by atoms with Gasteiger partial charge in [-0.3, -0.25) is 14.4 Å². The van der Waals surface area contributed by atoms with Crippen LogP contribution in [0.5, 0.6) is 0 Å². The maximum Gasteiger partial charge on any atom is 0.253 e. The summed E-state index contributed by atoms with van der Waals surface area (Å²) < 4.78 is 0. The molecule has 6 heteroatoms. The third-order valence-electron chi connectivity index (χ3n) is 4.41. The third kappa shape index (κ3) is 4.34. The number of amides is 3. The molecule has 140 valence electrons. The standard InChI is InChI=1S/C21H23N3O3/c1-14(2)22-21(27)17-10-6-7-11-18(17)23-20(26)15-12-19(25)24(13-15)16-8-4-3-5-9-16/h3-11,14-15H,12-13H2,1-2H3,(H,22,27)(H,23,26)/t15-/m0/s1. The molecular weight excluding hydrogens is 342 g/mol. The van der Waals surface area contributed by atoms with Crippen LogP contribution in [0.4, 0.5) is 11.4 Å². The first kappa shape index (κ1) is 18.6. The second-order valence-corrected chi connectivity index (χ2v) is 6.90. The first-order chi connectivity index (χ1) is 13.0. The van der Waals surface area contributed by atoms with Gasteiger partial charge in [-0.2, -0.15) is 0 Å². The minimum atomic E-state index is -0.459. The van der Waals surface area contributed by atoms with Crippen LogP contribution < -0.4 is 15.5 Å². The van der Waals surface area contributed by atoms with Crippen molar-refractivity contribution in [3.05, 3.63) is 60.2 Å². The molecule has 0 unspecified atom stereocenters. The Bertz CT molecular complexity index is 849. The van der Waals surface area contributed by atoms with Crippen molar-refractivity contribution < 1.29 is 14.4 Å². The lowest BCUT2D eigenvalue weighted by molar-refractivity contribution is -0.122. The number of hydrogen-bond acceptors (Lipinski definition) is 3. The minimum absolute atomic E-state index is 0.00635. The lowest BCUT2D eigenvalue weighted by Crippen LogP contribution is -2.32. The first-order valence-corrected chi connectivity index (χ1v) is 9.02. The summed E-state index contributed by atoms with van der Waals surface area (Å²) in [5.41, 5.74) is 1.64. The van der Waals surface area contributed by atoms with Crippen molar-refractivity contribution in [2.75, 3.05) is 16.8 Å². The van der Waals surface area contributed by atoms with E-state index in [-0.39, 0.29) is 30.2 Å². The lowest BCUT2D eigenvalue weighted by Gasteiger charge is -2.17. The van der Waals surface area contributed by atoms with Gasteiger partial charge in [-0.15, -0.1) is 0 Å². The Hall–Kier alpha value is -3.15. The number of nitrogens with zero attached hydrogens (tertiary/aromatic N) is 1. The van der Waals surface area contributed by atoms with Gasteiger partial charge < -0.3 is 15.5 Å². The number of hydrogen-bond donors (Lipinski definition) is 2. The number of nitrogens with one attached hydrogen (secondary N) is 2. The Balaban J connectivity index is 1.72. The molecule has 2 aromatic carbocycles. The molecule has 0 saturated carbocycles. The highest BCUT2D eigenvalue weighted by Crippen LogP contribution is 2.26. The van der Waals surface area contributed by atoms with Gasteiger partial charge in [-0.05, 0) is 38.1 Å². The van der Waals surface area contributed by atoms with E-state index in [1.807, 2.05) is 44.2 Å². The number of para-hydroxylation sites is 2. The number of rotatable bonds is 5. The van der Waals surface area contributed by atoms with E-state index in [1.54, 1.807) is 29.2 Å². The van der Waals surface area contributed by atoms with E-state index in [0.717, 1.165) is 5.69 Å². The molecular formula is C21H23N3O3. The van der Waals surface area contributed by atoms with Crippen LogP contribution in [-0.4, -0.2) is 30.3 Å². The summed E-state index contributed by atoms with van der Waals surface area (Å²) in [5, 5.41) is 5.65. The molecule has 2 N–H and O–H groups in total. The number of anilines is 2. The van der Waals surface area contributed by atoms with Gasteiger partial charge in [0, 0.05) is 24.7 Å². The molecule has 0 bridgehead atoms. The van der Waals surface area contributed by atoms with Crippen LogP contribution >= 0.6 is 0 Å². The predicted octanol–water partition coefficient (Wildman–Crippen LogP) is 2.82. The summed E-state index contributed by atoms with van der Waals surface area (Å²) in [6.07, 6.45) is 0.154. The zero-order valence-corrected chi connectivity index (χ0v) is 15.4. The fourth-order valence-corrected chi connectivity index (χ4v) is 3.11.